The predicted molar refractivity (Wildman–Crippen MR) is 69.1 cm³/mol. The molecule has 1 saturated heterocycles. The number of aliphatic hydroxyl groups is 2. The van der Waals surface area contributed by atoms with Crippen LogP contribution in [-0.4, -0.2) is 48.0 Å². The summed E-state index contributed by atoms with van der Waals surface area (Å²) >= 11 is 0. The Balaban J connectivity index is 2.05. The lowest BCUT2D eigenvalue weighted by atomic mass is 9.96. The maximum atomic E-state index is 13.3. The number of aromatic nitrogens is 4. The quantitative estimate of drug-likeness (QED) is 0.489. The first-order valence-electron chi connectivity index (χ1n) is 6.10. The van der Waals surface area contributed by atoms with Crippen LogP contribution >= 0.6 is 0 Å². The first kappa shape index (κ1) is 13.7. The summed E-state index contributed by atoms with van der Waals surface area (Å²) < 4.78 is 20.2. The average molecular weight is 293 g/mol. The number of nitrogen functional groups attached to an aromatic ring is 1. The van der Waals surface area contributed by atoms with E-state index in [2.05, 4.69) is 20.9 Å². The molecule has 0 spiro atoms. The molecule has 21 heavy (non-hydrogen) atoms. The van der Waals surface area contributed by atoms with E-state index in [1.807, 2.05) is 0 Å². The SMILES string of the molecule is C#C[C@]1(O)C[C@H](n2cnc3c(N)nc(F)nc32)O[C@@H]1CO. The Bertz CT molecular complexity index is 742. The van der Waals surface area contributed by atoms with E-state index in [1.165, 1.54) is 10.9 Å². The summed E-state index contributed by atoms with van der Waals surface area (Å²) in [6.07, 6.45) is 3.95. The highest BCUT2D eigenvalue weighted by Gasteiger charge is 2.47. The lowest BCUT2D eigenvalue weighted by molar-refractivity contribution is -0.0605. The van der Waals surface area contributed by atoms with Gasteiger partial charge in [0.25, 0.3) is 0 Å². The molecule has 8 nitrogen and oxygen atoms in total. The highest BCUT2D eigenvalue weighted by atomic mass is 19.1. The highest BCUT2D eigenvalue weighted by molar-refractivity contribution is 5.81. The Morgan fingerprint density at radius 2 is 2.38 bits per heavy atom. The van der Waals surface area contributed by atoms with Gasteiger partial charge in [0.05, 0.1) is 12.9 Å². The smallest absolute Gasteiger partial charge is 0.312 e. The van der Waals surface area contributed by atoms with Crippen molar-refractivity contribution in [2.24, 2.45) is 0 Å². The number of hydrogen-bond donors (Lipinski definition) is 3. The number of fused-ring (bicyclic) bond motifs is 1. The van der Waals surface area contributed by atoms with E-state index in [0.717, 1.165) is 0 Å². The molecule has 2 aromatic heterocycles. The Hall–Kier alpha value is -2.28. The van der Waals surface area contributed by atoms with Crippen molar-refractivity contribution in [3.63, 3.8) is 0 Å². The molecule has 3 heterocycles. The maximum absolute atomic E-state index is 13.3. The molecule has 110 valence electrons. The zero-order valence-corrected chi connectivity index (χ0v) is 10.8. The molecule has 0 radical (unpaired) electrons. The van der Waals surface area contributed by atoms with Crippen LogP contribution in [0.15, 0.2) is 6.33 Å². The van der Waals surface area contributed by atoms with Crippen molar-refractivity contribution in [1.29, 1.82) is 0 Å². The fraction of sp³-hybridized carbons (Fsp3) is 0.417. The summed E-state index contributed by atoms with van der Waals surface area (Å²) in [5, 5.41) is 19.5. The van der Waals surface area contributed by atoms with Crippen molar-refractivity contribution in [1.82, 2.24) is 19.5 Å². The van der Waals surface area contributed by atoms with Crippen LogP contribution in [-0.2, 0) is 4.74 Å². The number of halogens is 1. The van der Waals surface area contributed by atoms with Crippen molar-refractivity contribution in [3.05, 3.63) is 12.4 Å². The molecule has 0 saturated carbocycles. The highest BCUT2D eigenvalue weighted by Crippen LogP contribution is 2.37. The third kappa shape index (κ3) is 2.01. The summed E-state index contributed by atoms with van der Waals surface area (Å²) in [5.41, 5.74) is 4.30. The van der Waals surface area contributed by atoms with E-state index in [9.17, 15) is 14.6 Å². The second-order valence-corrected chi connectivity index (χ2v) is 4.74. The summed E-state index contributed by atoms with van der Waals surface area (Å²) in [7, 11) is 0. The Labute approximate surface area is 118 Å². The molecule has 1 fully saturated rings. The number of terminal acetylenes is 1. The van der Waals surface area contributed by atoms with Gasteiger partial charge in [-0.25, -0.2) is 4.98 Å². The van der Waals surface area contributed by atoms with Gasteiger partial charge in [0.1, 0.15) is 12.3 Å². The number of imidazole rings is 1. The van der Waals surface area contributed by atoms with Gasteiger partial charge in [-0.3, -0.25) is 4.57 Å². The monoisotopic (exact) mass is 293 g/mol. The number of nitrogens with two attached hydrogens (primary N) is 1. The molecule has 0 unspecified atom stereocenters. The number of nitrogens with zero attached hydrogens (tertiary/aromatic N) is 4. The van der Waals surface area contributed by atoms with E-state index in [-0.39, 0.29) is 23.4 Å². The van der Waals surface area contributed by atoms with Crippen LogP contribution in [0, 0.1) is 18.4 Å². The number of rotatable bonds is 2. The zero-order chi connectivity index (χ0) is 15.2. The Morgan fingerprint density at radius 1 is 1.62 bits per heavy atom. The van der Waals surface area contributed by atoms with Crippen LogP contribution in [0.3, 0.4) is 0 Å². The largest absolute Gasteiger partial charge is 0.394 e. The van der Waals surface area contributed by atoms with Crippen molar-refractivity contribution in [3.8, 4) is 12.3 Å². The molecule has 1 aliphatic heterocycles. The van der Waals surface area contributed by atoms with Crippen LogP contribution in [0.4, 0.5) is 10.2 Å². The molecule has 2 aromatic rings. The van der Waals surface area contributed by atoms with Crippen molar-refractivity contribution >= 4 is 17.0 Å². The number of ether oxygens (including phenoxy) is 1. The minimum atomic E-state index is -1.62. The van der Waals surface area contributed by atoms with Gasteiger partial charge in [0, 0.05) is 6.42 Å². The molecule has 1 aliphatic rings. The normalized spacial score (nSPS) is 28.9. The third-order valence-corrected chi connectivity index (χ3v) is 3.49. The fourth-order valence-corrected chi connectivity index (χ4v) is 2.38. The van der Waals surface area contributed by atoms with Gasteiger partial charge in [-0.05, 0) is 0 Å². The first-order valence-corrected chi connectivity index (χ1v) is 6.10. The molecule has 9 heteroatoms. The summed E-state index contributed by atoms with van der Waals surface area (Å²) in [4.78, 5) is 11.0. The zero-order valence-electron chi connectivity index (χ0n) is 10.8. The third-order valence-electron chi connectivity index (χ3n) is 3.49. The van der Waals surface area contributed by atoms with Gasteiger partial charge < -0.3 is 20.7 Å². The molecule has 4 N–H and O–H groups in total. The van der Waals surface area contributed by atoms with Crippen molar-refractivity contribution < 1.29 is 19.3 Å². The van der Waals surface area contributed by atoms with Crippen LogP contribution in [0.2, 0.25) is 0 Å². The average Bonchev–Trinajstić information content (AvgIpc) is 3.00. The molecule has 0 amide bonds. The minimum Gasteiger partial charge on any atom is -0.394 e. The fourth-order valence-electron chi connectivity index (χ4n) is 2.38. The van der Waals surface area contributed by atoms with E-state index in [4.69, 9.17) is 16.9 Å². The number of anilines is 1. The summed E-state index contributed by atoms with van der Waals surface area (Å²) in [6.45, 7) is -0.449. The lowest BCUT2D eigenvalue weighted by Crippen LogP contribution is -2.38. The predicted octanol–water partition coefficient (Wildman–Crippen LogP) is -0.808. The van der Waals surface area contributed by atoms with Gasteiger partial charge in [0.2, 0.25) is 0 Å². The van der Waals surface area contributed by atoms with E-state index >= 15 is 0 Å². The molecule has 3 rings (SSSR count). The van der Waals surface area contributed by atoms with E-state index in [1.54, 1.807) is 0 Å². The number of hydrogen-bond acceptors (Lipinski definition) is 7. The molecule has 0 aromatic carbocycles. The summed E-state index contributed by atoms with van der Waals surface area (Å²) in [5.74, 6) is 2.11. The lowest BCUT2D eigenvalue weighted by Gasteiger charge is -2.19. The number of aliphatic hydroxyl groups excluding tert-OH is 1. The van der Waals surface area contributed by atoms with Crippen LogP contribution in [0.1, 0.15) is 12.6 Å². The molecule has 3 atom stereocenters. The van der Waals surface area contributed by atoms with Crippen LogP contribution < -0.4 is 5.73 Å². The maximum Gasteiger partial charge on any atom is 0.312 e. The van der Waals surface area contributed by atoms with Gasteiger partial charge >= 0.3 is 6.08 Å². The van der Waals surface area contributed by atoms with Gasteiger partial charge in [0.15, 0.2) is 22.6 Å². The van der Waals surface area contributed by atoms with Gasteiger partial charge in [-0.2, -0.15) is 14.4 Å². The molecule has 0 bridgehead atoms. The Kier molecular flexibility index (Phi) is 3.02. The summed E-state index contributed by atoms with van der Waals surface area (Å²) in [6, 6.07) is 0. The standard InChI is InChI=1S/C12H12FN5O3/c1-2-12(20)3-7(21-6(12)4-19)18-5-15-8-9(14)16-11(13)17-10(8)18/h1,5-7,19-20H,3-4H2,(H2,14,16,17)/t6-,7-,12+/m1/s1. The van der Waals surface area contributed by atoms with Crippen molar-refractivity contribution in [2.45, 2.75) is 24.4 Å². The molecule has 0 aliphatic carbocycles. The van der Waals surface area contributed by atoms with Crippen molar-refractivity contribution in [2.75, 3.05) is 12.3 Å². The van der Waals surface area contributed by atoms with Gasteiger partial charge in [-0.15, -0.1) is 6.42 Å². The van der Waals surface area contributed by atoms with E-state index in [0.29, 0.717) is 0 Å². The van der Waals surface area contributed by atoms with E-state index < -0.39 is 30.6 Å². The van der Waals surface area contributed by atoms with Crippen LogP contribution in [0.5, 0.6) is 0 Å². The second-order valence-electron chi connectivity index (χ2n) is 4.74. The van der Waals surface area contributed by atoms with Gasteiger partial charge in [-0.1, -0.05) is 5.92 Å². The second kappa shape index (κ2) is 4.63. The van der Waals surface area contributed by atoms with Crippen LogP contribution in [0.25, 0.3) is 11.2 Å². The molecular weight excluding hydrogens is 281 g/mol. The minimum absolute atomic E-state index is 0.00567. The Morgan fingerprint density at radius 3 is 3.00 bits per heavy atom. The first-order chi connectivity index (χ1) is 9.98. The topological polar surface area (TPSA) is 119 Å². The molecular formula is C12H12FN5O3.